The molecule has 0 aliphatic rings. The number of ether oxygens (including phenoxy) is 1. The van der Waals surface area contributed by atoms with Crippen molar-refractivity contribution in [1.29, 1.82) is 0 Å². The zero-order valence-corrected chi connectivity index (χ0v) is 14.7. The Morgan fingerprint density at radius 1 is 0.870 bits per heavy atom. The third-order valence-electron chi connectivity index (χ3n) is 4.21. The summed E-state index contributed by atoms with van der Waals surface area (Å²) in [4.78, 5) is 2.48. The molecular formula is C21H29NO. The fourth-order valence-corrected chi connectivity index (χ4v) is 2.74. The van der Waals surface area contributed by atoms with Gasteiger partial charge in [0.05, 0.1) is 7.11 Å². The van der Waals surface area contributed by atoms with Gasteiger partial charge in [0.1, 0.15) is 5.75 Å². The maximum atomic E-state index is 5.25. The summed E-state index contributed by atoms with van der Waals surface area (Å²) in [7, 11) is 1.71. The number of rotatable bonds is 9. The van der Waals surface area contributed by atoms with Crippen LogP contribution in [0.15, 0.2) is 48.5 Å². The van der Waals surface area contributed by atoms with Gasteiger partial charge in [-0.3, -0.25) is 0 Å². The Kier molecular flexibility index (Phi) is 6.99. The third kappa shape index (κ3) is 5.63. The van der Waals surface area contributed by atoms with Crippen molar-refractivity contribution >= 4 is 5.69 Å². The highest BCUT2D eigenvalue weighted by molar-refractivity contribution is 5.48. The number of methoxy groups -OCH3 is 1. The van der Waals surface area contributed by atoms with E-state index in [-0.39, 0.29) is 0 Å². The fourth-order valence-electron chi connectivity index (χ4n) is 2.74. The topological polar surface area (TPSA) is 12.5 Å². The number of hydrogen-bond donors (Lipinski definition) is 0. The van der Waals surface area contributed by atoms with E-state index in [2.05, 4.69) is 55.1 Å². The van der Waals surface area contributed by atoms with Crippen molar-refractivity contribution in [2.75, 3.05) is 18.6 Å². The summed E-state index contributed by atoms with van der Waals surface area (Å²) < 4.78 is 5.25. The molecular weight excluding hydrogens is 282 g/mol. The van der Waals surface area contributed by atoms with Gasteiger partial charge in [-0.2, -0.15) is 0 Å². The van der Waals surface area contributed by atoms with Crippen molar-refractivity contribution in [3.63, 3.8) is 0 Å². The molecule has 0 aromatic heterocycles. The number of nitrogens with zero attached hydrogens (tertiary/aromatic N) is 1. The summed E-state index contributed by atoms with van der Waals surface area (Å²) in [6, 6.07) is 17.3. The first-order valence-electron chi connectivity index (χ1n) is 8.67. The lowest BCUT2D eigenvalue weighted by molar-refractivity contribution is 0.414. The minimum absolute atomic E-state index is 0.915. The SMILES string of the molecule is CCCCCCN(Cc1ccc(OC)cc1)c1ccc(C)cc1. The quantitative estimate of drug-likeness (QED) is 0.560. The molecule has 2 aromatic rings. The van der Waals surface area contributed by atoms with E-state index in [1.807, 2.05) is 12.1 Å². The van der Waals surface area contributed by atoms with Crippen LogP contribution in [0, 0.1) is 6.92 Å². The fraction of sp³-hybridized carbons (Fsp3) is 0.429. The highest BCUT2D eigenvalue weighted by atomic mass is 16.5. The number of unbranched alkanes of at least 4 members (excludes halogenated alkanes) is 3. The molecule has 0 aliphatic heterocycles. The van der Waals surface area contributed by atoms with Gasteiger partial charge < -0.3 is 9.64 Å². The van der Waals surface area contributed by atoms with Crippen LogP contribution in [-0.4, -0.2) is 13.7 Å². The molecule has 124 valence electrons. The minimum Gasteiger partial charge on any atom is -0.497 e. The van der Waals surface area contributed by atoms with E-state index in [1.54, 1.807) is 7.11 Å². The Morgan fingerprint density at radius 2 is 1.57 bits per heavy atom. The molecule has 2 aromatic carbocycles. The van der Waals surface area contributed by atoms with Crippen LogP contribution in [0.3, 0.4) is 0 Å². The van der Waals surface area contributed by atoms with Crippen molar-refractivity contribution in [2.45, 2.75) is 46.1 Å². The summed E-state index contributed by atoms with van der Waals surface area (Å²) in [6.07, 6.45) is 5.16. The molecule has 0 unspecified atom stereocenters. The van der Waals surface area contributed by atoms with Gasteiger partial charge in [-0.25, -0.2) is 0 Å². The monoisotopic (exact) mass is 311 g/mol. The number of benzene rings is 2. The molecule has 2 rings (SSSR count). The summed E-state index contributed by atoms with van der Waals surface area (Å²) in [5.41, 5.74) is 3.94. The molecule has 0 radical (unpaired) electrons. The van der Waals surface area contributed by atoms with E-state index in [9.17, 15) is 0 Å². The zero-order valence-electron chi connectivity index (χ0n) is 14.7. The van der Waals surface area contributed by atoms with Gasteiger partial charge in [-0.1, -0.05) is 56.0 Å². The van der Waals surface area contributed by atoms with Crippen molar-refractivity contribution in [2.24, 2.45) is 0 Å². The second kappa shape index (κ2) is 9.24. The second-order valence-electron chi connectivity index (χ2n) is 6.17. The largest absolute Gasteiger partial charge is 0.497 e. The number of anilines is 1. The van der Waals surface area contributed by atoms with Crippen molar-refractivity contribution in [1.82, 2.24) is 0 Å². The third-order valence-corrected chi connectivity index (χ3v) is 4.21. The Bertz CT molecular complexity index is 559. The van der Waals surface area contributed by atoms with Crippen LogP contribution < -0.4 is 9.64 Å². The van der Waals surface area contributed by atoms with Gasteiger partial charge in [-0.15, -0.1) is 0 Å². The number of aryl methyl sites for hydroxylation is 1. The first-order valence-corrected chi connectivity index (χ1v) is 8.67. The molecule has 0 spiro atoms. The van der Waals surface area contributed by atoms with Gasteiger partial charge in [-0.05, 0) is 43.2 Å². The molecule has 0 N–H and O–H groups in total. The van der Waals surface area contributed by atoms with Crippen molar-refractivity contribution in [3.8, 4) is 5.75 Å². The van der Waals surface area contributed by atoms with Crippen LogP contribution >= 0.6 is 0 Å². The zero-order chi connectivity index (χ0) is 16.5. The lowest BCUT2D eigenvalue weighted by Gasteiger charge is -2.25. The first kappa shape index (κ1) is 17.4. The Hall–Kier alpha value is -1.96. The average Bonchev–Trinajstić information content (AvgIpc) is 2.59. The standard InChI is InChI=1S/C21H29NO/c1-4-5-6-7-16-22(20-12-8-18(2)9-13-20)17-19-10-14-21(23-3)15-11-19/h8-15H,4-7,16-17H2,1-3H3. The van der Waals surface area contributed by atoms with Crippen molar-refractivity contribution < 1.29 is 4.74 Å². The molecule has 2 nitrogen and oxygen atoms in total. The molecule has 0 fully saturated rings. The van der Waals surface area contributed by atoms with Gasteiger partial charge in [0.2, 0.25) is 0 Å². The molecule has 0 bridgehead atoms. The summed E-state index contributed by atoms with van der Waals surface area (Å²) in [5, 5.41) is 0. The van der Waals surface area contributed by atoms with Crippen LogP contribution in [0.5, 0.6) is 5.75 Å². The normalized spacial score (nSPS) is 10.6. The maximum Gasteiger partial charge on any atom is 0.118 e. The molecule has 23 heavy (non-hydrogen) atoms. The second-order valence-corrected chi connectivity index (χ2v) is 6.17. The van der Waals surface area contributed by atoms with Gasteiger partial charge in [0, 0.05) is 18.8 Å². The lowest BCUT2D eigenvalue weighted by atomic mass is 10.1. The van der Waals surface area contributed by atoms with E-state index >= 15 is 0 Å². The van der Waals surface area contributed by atoms with Crippen molar-refractivity contribution in [3.05, 3.63) is 59.7 Å². The predicted molar refractivity (Wildman–Crippen MR) is 99.4 cm³/mol. The van der Waals surface area contributed by atoms with E-state index < -0.39 is 0 Å². The molecule has 0 saturated carbocycles. The highest BCUT2D eigenvalue weighted by Gasteiger charge is 2.07. The highest BCUT2D eigenvalue weighted by Crippen LogP contribution is 2.20. The van der Waals surface area contributed by atoms with E-state index in [0.29, 0.717) is 0 Å². The molecule has 2 heteroatoms. The van der Waals surface area contributed by atoms with Gasteiger partial charge >= 0.3 is 0 Å². The molecule has 0 atom stereocenters. The van der Waals surface area contributed by atoms with Crippen LogP contribution in [0.4, 0.5) is 5.69 Å². The predicted octanol–water partition coefficient (Wildman–Crippen LogP) is 5.59. The van der Waals surface area contributed by atoms with E-state index in [1.165, 1.54) is 42.5 Å². The molecule has 0 aliphatic carbocycles. The Labute approximate surface area is 141 Å². The van der Waals surface area contributed by atoms with Crippen LogP contribution in [0.25, 0.3) is 0 Å². The number of hydrogen-bond acceptors (Lipinski definition) is 2. The summed E-state index contributed by atoms with van der Waals surface area (Å²) in [5.74, 6) is 0.915. The van der Waals surface area contributed by atoms with Gasteiger partial charge in [0.25, 0.3) is 0 Å². The van der Waals surface area contributed by atoms with E-state index in [0.717, 1.165) is 18.8 Å². The van der Waals surface area contributed by atoms with Crippen LogP contribution in [0.1, 0.15) is 43.7 Å². The average molecular weight is 311 g/mol. The summed E-state index contributed by atoms with van der Waals surface area (Å²) >= 11 is 0. The first-order chi connectivity index (χ1) is 11.2. The smallest absolute Gasteiger partial charge is 0.118 e. The molecule has 0 heterocycles. The van der Waals surface area contributed by atoms with Crippen LogP contribution in [0.2, 0.25) is 0 Å². The minimum atomic E-state index is 0.915. The van der Waals surface area contributed by atoms with E-state index in [4.69, 9.17) is 4.74 Å². The van der Waals surface area contributed by atoms with Crippen LogP contribution in [-0.2, 0) is 6.54 Å². The Balaban J connectivity index is 2.06. The van der Waals surface area contributed by atoms with Gasteiger partial charge in [0.15, 0.2) is 0 Å². The lowest BCUT2D eigenvalue weighted by Crippen LogP contribution is -2.23. The maximum absolute atomic E-state index is 5.25. The molecule has 0 saturated heterocycles. The molecule has 0 amide bonds. The summed E-state index contributed by atoms with van der Waals surface area (Å²) in [6.45, 7) is 6.45. The Morgan fingerprint density at radius 3 is 2.17 bits per heavy atom.